The molecule has 5 nitrogen and oxygen atoms in total. The zero-order chi connectivity index (χ0) is 11.1. The van der Waals surface area contributed by atoms with Crippen LogP contribution in [-0.2, 0) is 16.0 Å². The van der Waals surface area contributed by atoms with Gasteiger partial charge >= 0.3 is 0 Å². The van der Waals surface area contributed by atoms with Gasteiger partial charge in [-0.25, -0.2) is 4.98 Å². The molecule has 0 spiro atoms. The first-order chi connectivity index (χ1) is 7.25. The minimum atomic E-state index is -0.0269. The third-order valence-electron chi connectivity index (χ3n) is 1.77. The summed E-state index contributed by atoms with van der Waals surface area (Å²) >= 11 is 1.97. The summed E-state index contributed by atoms with van der Waals surface area (Å²) in [6.45, 7) is 2.12. The molecule has 1 heterocycles. The molecule has 0 N–H and O–H groups in total. The average molecular weight is 324 g/mol. The van der Waals surface area contributed by atoms with Gasteiger partial charge < -0.3 is 9.47 Å². The Kier molecular flexibility index (Phi) is 5.81. The van der Waals surface area contributed by atoms with Gasteiger partial charge in [0.25, 0.3) is 5.56 Å². The summed E-state index contributed by atoms with van der Waals surface area (Å²) in [4.78, 5) is 15.5. The number of ether oxygens (including phenoxy) is 2. The molecular weight excluding hydrogens is 311 g/mol. The van der Waals surface area contributed by atoms with Gasteiger partial charge in [-0.05, 0) is 22.6 Å². The van der Waals surface area contributed by atoms with Crippen molar-refractivity contribution in [2.24, 2.45) is 0 Å². The fraction of sp³-hybridized carbons (Fsp3) is 0.556. The zero-order valence-corrected chi connectivity index (χ0v) is 10.6. The van der Waals surface area contributed by atoms with E-state index in [-0.39, 0.29) is 5.56 Å². The molecule has 0 aliphatic heterocycles. The molecule has 0 amide bonds. The van der Waals surface area contributed by atoms with E-state index in [4.69, 9.17) is 9.47 Å². The molecule has 1 aromatic rings. The number of aromatic nitrogens is 2. The smallest absolute Gasteiger partial charge is 0.266 e. The predicted molar refractivity (Wildman–Crippen MR) is 63.9 cm³/mol. The van der Waals surface area contributed by atoms with E-state index >= 15 is 0 Å². The summed E-state index contributed by atoms with van der Waals surface area (Å²) in [7, 11) is 1.62. The summed E-state index contributed by atoms with van der Waals surface area (Å²) in [6, 6.07) is 0. The summed E-state index contributed by atoms with van der Waals surface area (Å²) in [5.74, 6) is 0. The van der Waals surface area contributed by atoms with Crippen molar-refractivity contribution in [3.05, 3.63) is 26.4 Å². The van der Waals surface area contributed by atoms with Crippen LogP contribution in [0.25, 0.3) is 0 Å². The molecule has 6 heteroatoms. The normalized spacial score (nSPS) is 10.5. The van der Waals surface area contributed by atoms with Crippen LogP contribution < -0.4 is 5.56 Å². The van der Waals surface area contributed by atoms with Crippen LogP contribution in [0, 0.1) is 3.57 Å². The van der Waals surface area contributed by atoms with Crippen LogP contribution in [0.15, 0.2) is 17.3 Å². The molecule has 0 fully saturated rings. The standard InChI is InChI=1S/C9H13IN2O3/c1-14-4-5-15-3-2-12-7-11-6-8(10)9(12)13/h6-7H,2-5H2,1H3. The average Bonchev–Trinajstić information content (AvgIpc) is 2.24. The van der Waals surface area contributed by atoms with E-state index in [0.717, 1.165) is 0 Å². The molecule has 84 valence electrons. The minimum Gasteiger partial charge on any atom is -0.382 e. The highest BCUT2D eigenvalue weighted by atomic mass is 127. The Morgan fingerprint density at radius 2 is 2.27 bits per heavy atom. The number of rotatable bonds is 6. The molecule has 0 bridgehead atoms. The fourth-order valence-corrected chi connectivity index (χ4v) is 1.46. The molecule has 0 aliphatic rings. The molecule has 1 aromatic heterocycles. The van der Waals surface area contributed by atoms with Crippen molar-refractivity contribution in [1.82, 2.24) is 9.55 Å². The summed E-state index contributed by atoms with van der Waals surface area (Å²) in [5.41, 5.74) is -0.0269. The van der Waals surface area contributed by atoms with Gasteiger partial charge in [0.05, 0.1) is 36.3 Å². The Balaban J connectivity index is 2.38. The predicted octanol–water partition coefficient (Wildman–Crippen LogP) is 0.511. The maximum absolute atomic E-state index is 11.5. The van der Waals surface area contributed by atoms with Gasteiger partial charge in [-0.2, -0.15) is 0 Å². The van der Waals surface area contributed by atoms with Crippen LogP contribution in [0.3, 0.4) is 0 Å². The van der Waals surface area contributed by atoms with E-state index in [1.54, 1.807) is 13.3 Å². The highest BCUT2D eigenvalue weighted by molar-refractivity contribution is 14.1. The third kappa shape index (κ3) is 4.27. The maximum Gasteiger partial charge on any atom is 0.266 e. The lowest BCUT2D eigenvalue weighted by molar-refractivity contribution is 0.0661. The van der Waals surface area contributed by atoms with Gasteiger partial charge in [0.1, 0.15) is 0 Å². The van der Waals surface area contributed by atoms with Crippen LogP contribution in [0.4, 0.5) is 0 Å². The van der Waals surface area contributed by atoms with Crippen LogP contribution in [0.1, 0.15) is 0 Å². The van der Waals surface area contributed by atoms with Gasteiger partial charge in [0.15, 0.2) is 0 Å². The highest BCUT2D eigenvalue weighted by Gasteiger charge is 1.99. The molecule has 0 radical (unpaired) electrons. The van der Waals surface area contributed by atoms with Gasteiger partial charge in [0, 0.05) is 13.3 Å². The van der Waals surface area contributed by atoms with Crippen LogP contribution in [0.2, 0.25) is 0 Å². The first kappa shape index (κ1) is 12.6. The quantitative estimate of drug-likeness (QED) is 0.565. The number of nitrogens with zero attached hydrogens (tertiary/aromatic N) is 2. The minimum absolute atomic E-state index is 0.0269. The molecule has 0 aliphatic carbocycles. The Morgan fingerprint density at radius 1 is 1.47 bits per heavy atom. The molecule has 1 rings (SSSR count). The van der Waals surface area contributed by atoms with E-state index in [1.165, 1.54) is 10.9 Å². The lowest BCUT2D eigenvalue weighted by atomic mass is 10.6. The first-order valence-electron chi connectivity index (χ1n) is 4.52. The third-order valence-corrected chi connectivity index (χ3v) is 2.51. The first-order valence-corrected chi connectivity index (χ1v) is 5.60. The lowest BCUT2D eigenvalue weighted by Gasteiger charge is -2.05. The van der Waals surface area contributed by atoms with Crippen molar-refractivity contribution in [2.75, 3.05) is 26.9 Å². The van der Waals surface area contributed by atoms with Crippen LogP contribution in [-0.4, -0.2) is 36.5 Å². The molecule has 0 saturated heterocycles. The number of hydrogen-bond donors (Lipinski definition) is 0. The number of hydrogen-bond acceptors (Lipinski definition) is 4. The largest absolute Gasteiger partial charge is 0.382 e. The van der Waals surface area contributed by atoms with Crippen molar-refractivity contribution in [3.8, 4) is 0 Å². The van der Waals surface area contributed by atoms with Crippen molar-refractivity contribution in [1.29, 1.82) is 0 Å². The Morgan fingerprint density at radius 3 is 3.00 bits per heavy atom. The van der Waals surface area contributed by atoms with Gasteiger partial charge in [-0.1, -0.05) is 0 Å². The van der Waals surface area contributed by atoms with Gasteiger partial charge in [0.2, 0.25) is 0 Å². The van der Waals surface area contributed by atoms with Crippen LogP contribution >= 0.6 is 22.6 Å². The van der Waals surface area contributed by atoms with Crippen molar-refractivity contribution in [2.45, 2.75) is 6.54 Å². The van der Waals surface area contributed by atoms with Crippen LogP contribution in [0.5, 0.6) is 0 Å². The topological polar surface area (TPSA) is 53.4 Å². The second-order valence-corrected chi connectivity index (χ2v) is 4.01. The number of halogens is 1. The molecule has 0 unspecified atom stereocenters. The Hall–Kier alpha value is -0.470. The summed E-state index contributed by atoms with van der Waals surface area (Å²) in [5, 5.41) is 0. The highest BCUT2D eigenvalue weighted by Crippen LogP contribution is 1.93. The van der Waals surface area contributed by atoms with E-state index in [2.05, 4.69) is 4.98 Å². The van der Waals surface area contributed by atoms with Gasteiger partial charge in [-0.3, -0.25) is 9.36 Å². The molecule has 15 heavy (non-hydrogen) atoms. The van der Waals surface area contributed by atoms with E-state index in [9.17, 15) is 4.79 Å². The van der Waals surface area contributed by atoms with E-state index in [0.29, 0.717) is 29.9 Å². The van der Waals surface area contributed by atoms with Crippen molar-refractivity contribution in [3.63, 3.8) is 0 Å². The molecule has 0 atom stereocenters. The summed E-state index contributed by atoms with van der Waals surface area (Å²) in [6.07, 6.45) is 3.06. The van der Waals surface area contributed by atoms with E-state index in [1.807, 2.05) is 22.6 Å². The fourth-order valence-electron chi connectivity index (χ4n) is 0.991. The Labute approximate surface area is 102 Å². The monoisotopic (exact) mass is 324 g/mol. The lowest BCUT2D eigenvalue weighted by Crippen LogP contribution is -2.24. The molecule has 0 aromatic carbocycles. The second kappa shape index (κ2) is 6.91. The molecular formula is C9H13IN2O3. The van der Waals surface area contributed by atoms with Crippen molar-refractivity contribution >= 4 is 22.6 Å². The van der Waals surface area contributed by atoms with E-state index < -0.39 is 0 Å². The SMILES string of the molecule is COCCOCCn1cncc(I)c1=O. The zero-order valence-electron chi connectivity index (χ0n) is 8.48. The second-order valence-electron chi connectivity index (χ2n) is 2.85. The van der Waals surface area contributed by atoms with Gasteiger partial charge in [-0.15, -0.1) is 0 Å². The maximum atomic E-state index is 11.5. The number of methoxy groups -OCH3 is 1. The summed E-state index contributed by atoms with van der Waals surface area (Å²) < 4.78 is 12.2. The Bertz CT molecular complexity index is 353. The molecule has 0 saturated carbocycles. The van der Waals surface area contributed by atoms with Crippen molar-refractivity contribution < 1.29 is 9.47 Å².